The van der Waals surface area contributed by atoms with E-state index in [1.807, 2.05) is 0 Å². The Hall–Kier alpha value is -4.02. The first-order valence-electron chi connectivity index (χ1n) is 8.25. The Morgan fingerprint density at radius 3 is 2.38 bits per heavy atom. The summed E-state index contributed by atoms with van der Waals surface area (Å²) in [6.45, 7) is 0.640. The molecule has 0 saturated heterocycles. The summed E-state index contributed by atoms with van der Waals surface area (Å²) < 4.78 is 17.9. The summed E-state index contributed by atoms with van der Waals surface area (Å²) in [5.41, 5.74) is 4.36. The number of nitrogens with zero attached hydrogens (tertiary/aromatic N) is 1. The van der Waals surface area contributed by atoms with Crippen LogP contribution in [0.15, 0.2) is 42.5 Å². The highest BCUT2D eigenvalue weighted by Gasteiger charge is 2.15. The number of ether oxygens (including phenoxy) is 1. The molecule has 0 aliphatic rings. The highest BCUT2D eigenvalue weighted by Crippen LogP contribution is 2.19. The highest BCUT2D eigenvalue weighted by molar-refractivity contribution is 5.97. The van der Waals surface area contributed by atoms with Gasteiger partial charge in [-0.3, -0.25) is 35.3 Å². The van der Waals surface area contributed by atoms with Gasteiger partial charge in [0.1, 0.15) is 11.6 Å². The van der Waals surface area contributed by atoms with Crippen LogP contribution in [0.3, 0.4) is 0 Å². The molecule has 0 bridgehead atoms. The zero-order valence-corrected chi connectivity index (χ0v) is 15.2. The Balaban J connectivity index is 1.74. The topological polar surface area (TPSA) is 140 Å². The molecule has 0 atom stereocenters. The minimum atomic E-state index is -0.727. The SMILES string of the molecule is Cc1ccc(C(=O)NCC(=O)NNC(=O)COc2ccc(F)cc2)cc1[N+](=O)[O-]. The molecule has 152 valence electrons. The number of nitro groups is 1. The Morgan fingerprint density at radius 1 is 1.07 bits per heavy atom. The second-order valence-electron chi connectivity index (χ2n) is 5.78. The van der Waals surface area contributed by atoms with Crippen LogP contribution in [0.1, 0.15) is 15.9 Å². The molecule has 0 aliphatic carbocycles. The maximum atomic E-state index is 12.8. The molecule has 0 fully saturated rings. The van der Waals surface area contributed by atoms with Gasteiger partial charge >= 0.3 is 0 Å². The number of halogens is 1. The molecule has 2 rings (SSSR count). The first-order valence-corrected chi connectivity index (χ1v) is 8.25. The first-order chi connectivity index (χ1) is 13.8. The van der Waals surface area contributed by atoms with Crippen LogP contribution in [0.4, 0.5) is 10.1 Å². The largest absolute Gasteiger partial charge is 0.484 e. The number of amides is 3. The normalized spacial score (nSPS) is 10.0. The maximum Gasteiger partial charge on any atom is 0.276 e. The van der Waals surface area contributed by atoms with Crippen molar-refractivity contribution in [3.8, 4) is 5.75 Å². The van der Waals surface area contributed by atoms with Crippen LogP contribution in [0.2, 0.25) is 0 Å². The van der Waals surface area contributed by atoms with E-state index in [4.69, 9.17) is 4.74 Å². The molecule has 11 heteroatoms. The van der Waals surface area contributed by atoms with Crippen LogP contribution in [0, 0.1) is 22.9 Å². The summed E-state index contributed by atoms with van der Waals surface area (Å²) in [4.78, 5) is 45.6. The van der Waals surface area contributed by atoms with Gasteiger partial charge < -0.3 is 10.1 Å². The van der Waals surface area contributed by atoms with Crippen molar-refractivity contribution in [2.75, 3.05) is 13.2 Å². The van der Waals surface area contributed by atoms with Crippen molar-refractivity contribution >= 4 is 23.4 Å². The monoisotopic (exact) mass is 404 g/mol. The summed E-state index contributed by atoms with van der Waals surface area (Å²) in [6.07, 6.45) is 0. The van der Waals surface area contributed by atoms with Gasteiger partial charge in [-0.1, -0.05) is 6.07 Å². The van der Waals surface area contributed by atoms with Gasteiger partial charge in [0.05, 0.1) is 11.5 Å². The van der Waals surface area contributed by atoms with Crippen molar-refractivity contribution in [2.45, 2.75) is 6.92 Å². The highest BCUT2D eigenvalue weighted by atomic mass is 19.1. The molecule has 2 aromatic rings. The molecule has 0 aliphatic heterocycles. The molecule has 0 aromatic heterocycles. The Labute approximate surface area is 164 Å². The molecule has 10 nitrogen and oxygen atoms in total. The van der Waals surface area contributed by atoms with Crippen molar-refractivity contribution in [1.82, 2.24) is 16.2 Å². The molecular weight excluding hydrogens is 387 g/mol. The van der Waals surface area contributed by atoms with E-state index in [2.05, 4.69) is 16.2 Å². The molecule has 3 N–H and O–H groups in total. The lowest BCUT2D eigenvalue weighted by molar-refractivity contribution is -0.385. The number of hydrazine groups is 1. The molecule has 0 saturated carbocycles. The van der Waals surface area contributed by atoms with Crippen LogP contribution in [-0.4, -0.2) is 35.8 Å². The van der Waals surface area contributed by atoms with Crippen LogP contribution in [0.25, 0.3) is 0 Å². The molecule has 0 radical (unpaired) electrons. The lowest BCUT2D eigenvalue weighted by Gasteiger charge is -2.09. The van der Waals surface area contributed by atoms with E-state index in [1.165, 1.54) is 43.3 Å². The predicted octanol–water partition coefficient (Wildman–Crippen LogP) is 0.999. The van der Waals surface area contributed by atoms with Crippen molar-refractivity contribution < 1.29 is 28.4 Å². The van der Waals surface area contributed by atoms with Gasteiger partial charge in [0.2, 0.25) is 0 Å². The number of aryl methyl sites for hydroxylation is 1. The number of benzene rings is 2. The molecule has 3 amide bonds. The number of hydrogen-bond donors (Lipinski definition) is 3. The third kappa shape index (κ3) is 6.57. The van der Waals surface area contributed by atoms with Crippen molar-refractivity contribution in [3.63, 3.8) is 0 Å². The Bertz CT molecular complexity index is 932. The van der Waals surface area contributed by atoms with E-state index in [0.29, 0.717) is 5.56 Å². The van der Waals surface area contributed by atoms with E-state index in [0.717, 1.165) is 6.07 Å². The molecule has 0 spiro atoms. The molecule has 29 heavy (non-hydrogen) atoms. The Kier molecular flexibility index (Phi) is 7.18. The maximum absolute atomic E-state index is 12.8. The number of carbonyl (C=O) groups excluding carboxylic acids is 3. The minimum Gasteiger partial charge on any atom is -0.484 e. The van der Waals surface area contributed by atoms with E-state index >= 15 is 0 Å². The summed E-state index contributed by atoms with van der Waals surface area (Å²) in [5.74, 6) is -2.27. The van der Waals surface area contributed by atoms with Gasteiger partial charge in [-0.05, 0) is 37.3 Å². The fraction of sp³-hybridized carbons (Fsp3) is 0.167. The number of hydrogen-bond acceptors (Lipinski definition) is 6. The average molecular weight is 404 g/mol. The lowest BCUT2D eigenvalue weighted by atomic mass is 10.1. The Morgan fingerprint density at radius 2 is 1.72 bits per heavy atom. The van der Waals surface area contributed by atoms with Crippen LogP contribution in [-0.2, 0) is 9.59 Å². The molecule has 2 aromatic carbocycles. The second kappa shape index (κ2) is 9.78. The van der Waals surface area contributed by atoms with Gasteiger partial charge in [0.25, 0.3) is 23.4 Å². The third-order valence-corrected chi connectivity index (χ3v) is 3.60. The fourth-order valence-electron chi connectivity index (χ4n) is 2.11. The summed E-state index contributed by atoms with van der Waals surface area (Å²) in [5, 5.41) is 13.2. The fourth-order valence-corrected chi connectivity index (χ4v) is 2.11. The lowest BCUT2D eigenvalue weighted by Crippen LogP contribution is -2.47. The van der Waals surface area contributed by atoms with Gasteiger partial charge in [-0.2, -0.15) is 0 Å². The van der Waals surface area contributed by atoms with E-state index in [1.54, 1.807) is 0 Å². The number of rotatable bonds is 7. The zero-order chi connectivity index (χ0) is 21.4. The number of carbonyl (C=O) groups is 3. The van der Waals surface area contributed by atoms with Crippen molar-refractivity contribution in [2.24, 2.45) is 0 Å². The van der Waals surface area contributed by atoms with E-state index < -0.39 is 41.6 Å². The minimum absolute atomic E-state index is 0.0202. The summed E-state index contributed by atoms with van der Waals surface area (Å²) >= 11 is 0. The second-order valence-corrected chi connectivity index (χ2v) is 5.78. The van der Waals surface area contributed by atoms with Gasteiger partial charge in [-0.25, -0.2) is 4.39 Å². The summed E-state index contributed by atoms with van der Waals surface area (Å²) in [7, 11) is 0. The zero-order valence-electron chi connectivity index (χ0n) is 15.2. The molecular formula is C18H17FN4O6. The van der Waals surface area contributed by atoms with Gasteiger partial charge in [-0.15, -0.1) is 0 Å². The van der Waals surface area contributed by atoms with Crippen LogP contribution < -0.4 is 20.9 Å². The van der Waals surface area contributed by atoms with E-state index in [9.17, 15) is 28.9 Å². The predicted molar refractivity (Wildman–Crippen MR) is 98.3 cm³/mol. The van der Waals surface area contributed by atoms with Crippen LogP contribution in [0.5, 0.6) is 5.75 Å². The standard InChI is InChI=1S/C18H17FN4O6/c1-11-2-3-12(8-15(11)23(27)28)18(26)20-9-16(24)21-22-17(25)10-29-14-6-4-13(19)5-7-14/h2-8H,9-10H2,1H3,(H,20,26)(H,21,24)(H,22,25). The quantitative estimate of drug-likeness (QED) is 0.465. The van der Waals surface area contributed by atoms with Crippen molar-refractivity contribution in [3.05, 3.63) is 69.5 Å². The summed E-state index contributed by atoms with van der Waals surface area (Å²) in [6, 6.07) is 8.94. The number of nitro benzene ring substituents is 1. The third-order valence-electron chi connectivity index (χ3n) is 3.60. The van der Waals surface area contributed by atoms with Crippen molar-refractivity contribution in [1.29, 1.82) is 0 Å². The van der Waals surface area contributed by atoms with E-state index in [-0.39, 0.29) is 17.0 Å². The number of nitrogens with one attached hydrogen (secondary N) is 3. The molecule has 0 heterocycles. The van der Waals surface area contributed by atoms with Crippen LogP contribution >= 0.6 is 0 Å². The first kappa shape index (κ1) is 21.3. The molecule has 0 unspecified atom stereocenters. The smallest absolute Gasteiger partial charge is 0.276 e. The average Bonchev–Trinajstić information content (AvgIpc) is 2.70. The van der Waals surface area contributed by atoms with Gasteiger partial charge in [0, 0.05) is 17.2 Å². The van der Waals surface area contributed by atoms with Gasteiger partial charge in [0.15, 0.2) is 6.61 Å².